The molecule has 0 spiro atoms. The van der Waals surface area contributed by atoms with Crippen molar-refractivity contribution in [3.05, 3.63) is 48.0 Å². The Morgan fingerprint density at radius 3 is 2.56 bits per heavy atom. The smallest absolute Gasteiger partial charge is 0.226 e. The van der Waals surface area contributed by atoms with Gasteiger partial charge in [-0.3, -0.25) is 9.59 Å². The summed E-state index contributed by atoms with van der Waals surface area (Å²) in [7, 11) is 1.72. The minimum atomic E-state index is -0.510. The van der Waals surface area contributed by atoms with E-state index in [1.807, 2.05) is 13.8 Å². The zero-order valence-electron chi connectivity index (χ0n) is 14.5. The number of halogens is 1. The quantitative estimate of drug-likeness (QED) is 0.927. The number of nitrogens with one attached hydrogen (secondary N) is 1. The van der Waals surface area contributed by atoms with E-state index in [1.165, 1.54) is 12.1 Å². The summed E-state index contributed by atoms with van der Waals surface area (Å²) < 4.78 is 18.7. The van der Waals surface area contributed by atoms with Crippen molar-refractivity contribution in [2.75, 3.05) is 7.05 Å². The van der Waals surface area contributed by atoms with E-state index in [1.54, 1.807) is 36.2 Å². The van der Waals surface area contributed by atoms with Crippen LogP contribution in [0.4, 0.5) is 4.39 Å². The van der Waals surface area contributed by atoms with Gasteiger partial charge in [-0.25, -0.2) is 4.39 Å². The summed E-state index contributed by atoms with van der Waals surface area (Å²) in [5.41, 5.74) is 0.256. The Morgan fingerprint density at radius 2 is 1.96 bits per heavy atom. The monoisotopic (exact) mass is 344 g/mol. The standard InChI is InChI=1S/C19H21FN2O3/c1-19(2)15(10-17(23)22(19)3)18(24)21-11-14-8-9-16(25-14)12-4-6-13(20)7-5-12/h4-9,15H,10-11H2,1-3H3,(H,21,24)/t15-/m1/s1. The summed E-state index contributed by atoms with van der Waals surface area (Å²) in [5.74, 6) is 0.325. The third-order valence-electron chi connectivity index (χ3n) is 5.01. The highest BCUT2D eigenvalue weighted by Gasteiger charge is 2.47. The lowest BCUT2D eigenvalue weighted by Gasteiger charge is -2.32. The highest BCUT2D eigenvalue weighted by Crippen LogP contribution is 2.34. The zero-order valence-corrected chi connectivity index (χ0v) is 14.5. The number of carbonyl (C=O) groups is 2. The first kappa shape index (κ1) is 17.2. The molecule has 0 saturated carbocycles. The molecule has 0 radical (unpaired) electrons. The molecule has 1 aliphatic heterocycles. The SMILES string of the molecule is CN1C(=O)C[C@H](C(=O)NCc2ccc(-c3ccc(F)cc3)o2)C1(C)C. The molecular formula is C19H21FN2O3. The van der Waals surface area contributed by atoms with Crippen molar-refractivity contribution in [3.8, 4) is 11.3 Å². The van der Waals surface area contributed by atoms with E-state index in [4.69, 9.17) is 4.42 Å². The minimum Gasteiger partial charge on any atom is -0.459 e. The molecule has 1 fully saturated rings. The fraction of sp³-hybridized carbons (Fsp3) is 0.368. The minimum absolute atomic E-state index is 0.0262. The number of hydrogen-bond acceptors (Lipinski definition) is 3. The summed E-state index contributed by atoms with van der Waals surface area (Å²) in [5, 5.41) is 2.84. The van der Waals surface area contributed by atoms with Crippen LogP contribution in [0.1, 0.15) is 26.0 Å². The van der Waals surface area contributed by atoms with E-state index in [0.29, 0.717) is 11.5 Å². The number of benzene rings is 1. The van der Waals surface area contributed by atoms with Crippen molar-refractivity contribution in [2.24, 2.45) is 5.92 Å². The highest BCUT2D eigenvalue weighted by atomic mass is 19.1. The lowest BCUT2D eigenvalue weighted by Crippen LogP contribution is -2.46. The fourth-order valence-corrected chi connectivity index (χ4v) is 3.07. The largest absolute Gasteiger partial charge is 0.459 e. The van der Waals surface area contributed by atoms with Crippen LogP contribution in [0, 0.1) is 11.7 Å². The predicted octanol–water partition coefficient (Wildman–Crippen LogP) is 2.96. The van der Waals surface area contributed by atoms with E-state index in [9.17, 15) is 14.0 Å². The first-order valence-electron chi connectivity index (χ1n) is 8.18. The number of likely N-dealkylation sites (tertiary alicyclic amines) is 1. The van der Waals surface area contributed by atoms with Crippen molar-refractivity contribution in [2.45, 2.75) is 32.4 Å². The summed E-state index contributed by atoms with van der Waals surface area (Å²) in [6.45, 7) is 4.02. The lowest BCUT2D eigenvalue weighted by atomic mass is 9.88. The van der Waals surface area contributed by atoms with E-state index in [0.717, 1.165) is 5.56 Å². The summed E-state index contributed by atoms with van der Waals surface area (Å²) in [6, 6.07) is 9.57. The fourth-order valence-electron chi connectivity index (χ4n) is 3.07. The molecular weight excluding hydrogens is 323 g/mol. The second-order valence-electron chi connectivity index (χ2n) is 6.85. The molecule has 5 nitrogen and oxygen atoms in total. The molecule has 2 aromatic rings. The molecule has 6 heteroatoms. The van der Waals surface area contributed by atoms with Crippen LogP contribution >= 0.6 is 0 Å². The van der Waals surface area contributed by atoms with Gasteiger partial charge in [0.2, 0.25) is 11.8 Å². The third-order valence-corrected chi connectivity index (χ3v) is 5.01. The molecule has 1 saturated heterocycles. The normalized spacial score (nSPS) is 19.3. The van der Waals surface area contributed by atoms with E-state index in [2.05, 4.69) is 5.32 Å². The predicted molar refractivity (Wildman–Crippen MR) is 90.9 cm³/mol. The van der Waals surface area contributed by atoms with Gasteiger partial charge in [0.15, 0.2) is 0 Å². The van der Waals surface area contributed by atoms with Crippen molar-refractivity contribution < 1.29 is 18.4 Å². The third kappa shape index (κ3) is 3.29. The maximum Gasteiger partial charge on any atom is 0.226 e. The molecule has 1 aromatic heterocycles. The van der Waals surface area contributed by atoms with E-state index < -0.39 is 11.5 Å². The van der Waals surface area contributed by atoms with Gasteiger partial charge in [0, 0.05) is 24.6 Å². The van der Waals surface area contributed by atoms with Crippen LogP contribution in [0.3, 0.4) is 0 Å². The lowest BCUT2D eigenvalue weighted by molar-refractivity contribution is -0.128. The maximum atomic E-state index is 13.0. The number of furan rings is 1. The molecule has 1 aliphatic rings. The molecule has 0 unspecified atom stereocenters. The van der Waals surface area contributed by atoms with Crippen LogP contribution in [0.15, 0.2) is 40.8 Å². The van der Waals surface area contributed by atoms with Gasteiger partial charge < -0.3 is 14.6 Å². The summed E-state index contributed by atoms with van der Waals surface area (Å²) in [4.78, 5) is 26.0. The molecule has 2 amide bonds. The van der Waals surface area contributed by atoms with Gasteiger partial charge in [-0.1, -0.05) is 0 Å². The van der Waals surface area contributed by atoms with Crippen molar-refractivity contribution in [1.82, 2.24) is 10.2 Å². The van der Waals surface area contributed by atoms with Gasteiger partial charge in [0.05, 0.1) is 12.5 Å². The number of nitrogens with zero attached hydrogens (tertiary/aromatic N) is 1. The molecule has 3 rings (SSSR count). The Balaban J connectivity index is 1.64. The highest BCUT2D eigenvalue weighted by molar-refractivity contribution is 5.90. The van der Waals surface area contributed by atoms with E-state index in [-0.39, 0.29) is 30.6 Å². The van der Waals surface area contributed by atoms with Crippen molar-refractivity contribution >= 4 is 11.8 Å². The van der Waals surface area contributed by atoms with Gasteiger partial charge in [-0.05, 0) is 50.2 Å². The molecule has 0 aliphatic carbocycles. The molecule has 25 heavy (non-hydrogen) atoms. The van der Waals surface area contributed by atoms with Gasteiger partial charge in [0.1, 0.15) is 17.3 Å². The van der Waals surface area contributed by atoms with Crippen LogP contribution in [0.5, 0.6) is 0 Å². The Labute approximate surface area is 145 Å². The topological polar surface area (TPSA) is 62.6 Å². The molecule has 0 bridgehead atoms. The number of amides is 2. The first-order chi connectivity index (χ1) is 11.8. The van der Waals surface area contributed by atoms with Crippen molar-refractivity contribution in [1.29, 1.82) is 0 Å². The summed E-state index contributed by atoms with van der Waals surface area (Å²) >= 11 is 0. The molecule has 132 valence electrons. The van der Waals surface area contributed by atoms with Gasteiger partial charge in [0.25, 0.3) is 0 Å². The van der Waals surface area contributed by atoms with Gasteiger partial charge in [-0.2, -0.15) is 0 Å². The molecule has 1 atom stereocenters. The maximum absolute atomic E-state index is 13.0. The zero-order chi connectivity index (χ0) is 18.2. The summed E-state index contributed by atoms with van der Waals surface area (Å²) in [6.07, 6.45) is 0.217. The Morgan fingerprint density at radius 1 is 1.28 bits per heavy atom. The van der Waals surface area contributed by atoms with E-state index >= 15 is 0 Å². The van der Waals surface area contributed by atoms with Crippen LogP contribution in [0.2, 0.25) is 0 Å². The van der Waals surface area contributed by atoms with Crippen LogP contribution in [-0.2, 0) is 16.1 Å². The average Bonchev–Trinajstić information content (AvgIpc) is 3.12. The van der Waals surface area contributed by atoms with Gasteiger partial charge in [-0.15, -0.1) is 0 Å². The molecule has 1 aromatic carbocycles. The number of rotatable bonds is 4. The van der Waals surface area contributed by atoms with Crippen LogP contribution < -0.4 is 5.32 Å². The Bertz CT molecular complexity index is 795. The van der Waals surface area contributed by atoms with Crippen LogP contribution in [-0.4, -0.2) is 29.3 Å². The second kappa shape index (κ2) is 6.35. The first-order valence-corrected chi connectivity index (χ1v) is 8.18. The van der Waals surface area contributed by atoms with Crippen molar-refractivity contribution in [3.63, 3.8) is 0 Å². The number of carbonyl (C=O) groups excluding carboxylic acids is 2. The number of hydrogen-bond donors (Lipinski definition) is 1. The molecule has 1 N–H and O–H groups in total. The Hall–Kier alpha value is -2.63. The van der Waals surface area contributed by atoms with Gasteiger partial charge >= 0.3 is 0 Å². The second-order valence-corrected chi connectivity index (χ2v) is 6.85. The average molecular weight is 344 g/mol. The van der Waals surface area contributed by atoms with Crippen LogP contribution in [0.25, 0.3) is 11.3 Å². The Kier molecular flexibility index (Phi) is 4.37. The molecule has 2 heterocycles.